The van der Waals surface area contributed by atoms with Crippen LogP contribution in [0.2, 0.25) is 5.31 Å². The van der Waals surface area contributed by atoms with Crippen molar-refractivity contribution < 1.29 is 0 Å². The Morgan fingerprint density at radius 1 is 1.36 bits per heavy atom. The minimum Gasteiger partial charge on any atom is -0.0884 e. The van der Waals surface area contributed by atoms with E-state index in [1.54, 1.807) is 5.57 Å². The molecular weight excluding hydrogens is 167 g/mol. The van der Waals surface area contributed by atoms with Crippen molar-refractivity contribution >= 4 is 7.85 Å². The van der Waals surface area contributed by atoms with Crippen LogP contribution >= 0.6 is 0 Å². The van der Waals surface area contributed by atoms with E-state index in [0.717, 1.165) is 12.3 Å². The van der Waals surface area contributed by atoms with E-state index >= 15 is 0 Å². The van der Waals surface area contributed by atoms with Gasteiger partial charge in [-0.05, 0) is 32.1 Å². The summed E-state index contributed by atoms with van der Waals surface area (Å²) in [6.45, 7) is 10.9. The first-order valence-electron chi connectivity index (χ1n) is 5.78. The van der Waals surface area contributed by atoms with Gasteiger partial charge >= 0.3 is 0 Å². The maximum atomic E-state index is 5.94. The standard InChI is InChI=1S/C13H25B/c1-6-12(10-11(2)3)8-7-9-13(4,5)14/h6,11H,7-10H2,1-5H3/b12-6-. The summed E-state index contributed by atoms with van der Waals surface area (Å²) in [5.74, 6) is 0.770. The van der Waals surface area contributed by atoms with Crippen LogP contribution in [0.4, 0.5) is 0 Å². The lowest BCUT2D eigenvalue weighted by Gasteiger charge is -2.19. The van der Waals surface area contributed by atoms with Crippen molar-refractivity contribution in [2.45, 2.75) is 65.6 Å². The SMILES string of the molecule is [B]C(C)(C)CCC/C(=C/C)CC(C)C. The Morgan fingerprint density at radius 2 is 1.93 bits per heavy atom. The molecule has 0 rings (SSSR count). The van der Waals surface area contributed by atoms with E-state index in [9.17, 15) is 0 Å². The molecule has 0 spiro atoms. The highest BCUT2D eigenvalue weighted by Gasteiger charge is 2.09. The molecule has 0 aromatic carbocycles. The minimum absolute atomic E-state index is 0.00329. The molecule has 0 amide bonds. The molecular formula is C13H25B. The van der Waals surface area contributed by atoms with Gasteiger partial charge in [0.15, 0.2) is 0 Å². The Morgan fingerprint density at radius 3 is 2.29 bits per heavy atom. The molecule has 0 unspecified atom stereocenters. The van der Waals surface area contributed by atoms with Crippen LogP contribution < -0.4 is 0 Å². The Balaban J connectivity index is 3.76. The maximum Gasteiger partial charge on any atom is 0.0738 e. The second kappa shape index (κ2) is 6.32. The van der Waals surface area contributed by atoms with Crippen molar-refractivity contribution in [1.29, 1.82) is 0 Å². The number of hydrogen-bond acceptors (Lipinski definition) is 0. The highest BCUT2D eigenvalue weighted by molar-refractivity contribution is 6.14. The first-order valence-corrected chi connectivity index (χ1v) is 5.78. The third-order valence-corrected chi connectivity index (χ3v) is 2.40. The lowest BCUT2D eigenvalue weighted by molar-refractivity contribution is 0.555. The molecule has 0 aliphatic heterocycles. The summed E-state index contributed by atoms with van der Waals surface area (Å²) in [5, 5.41) is -0.00329. The van der Waals surface area contributed by atoms with E-state index < -0.39 is 0 Å². The molecule has 1 heteroatoms. The topological polar surface area (TPSA) is 0 Å². The lowest BCUT2D eigenvalue weighted by atomic mass is 9.69. The van der Waals surface area contributed by atoms with Crippen LogP contribution in [0.1, 0.15) is 60.3 Å². The third kappa shape index (κ3) is 8.41. The molecule has 0 saturated heterocycles. The number of allylic oxidation sites excluding steroid dienone is 2. The molecule has 0 aromatic rings. The van der Waals surface area contributed by atoms with Gasteiger partial charge in [0.25, 0.3) is 0 Å². The van der Waals surface area contributed by atoms with Gasteiger partial charge in [0, 0.05) is 0 Å². The fourth-order valence-corrected chi connectivity index (χ4v) is 1.66. The van der Waals surface area contributed by atoms with Crippen molar-refractivity contribution in [3.63, 3.8) is 0 Å². The van der Waals surface area contributed by atoms with Crippen molar-refractivity contribution in [3.05, 3.63) is 11.6 Å². The fourth-order valence-electron chi connectivity index (χ4n) is 1.66. The summed E-state index contributed by atoms with van der Waals surface area (Å²) in [7, 11) is 5.94. The largest absolute Gasteiger partial charge is 0.0884 e. The highest BCUT2D eigenvalue weighted by atomic mass is 14.1. The first-order chi connectivity index (χ1) is 6.35. The van der Waals surface area contributed by atoms with Crippen LogP contribution in [0, 0.1) is 5.92 Å². The van der Waals surface area contributed by atoms with E-state index in [-0.39, 0.29) is 5.31 Å². The summed E-state index contributed by atoms with van der Waals surface area (Å²) < 4.78 is 0. The van der Waals surface area contributed by atoms with E-state index in [1.165, 1.54) is 19.3 Å². The van der Waals surface area contributed by atoms with E-state index in [1.807, 2.05) is 0 Å². The maximum absolute atomic E-state index is 5.94. The molecule has 0 fully saturated rings. The summed E-state index contributed by atoms with van der Waals surface area (Å²) in [6.07, 6.45) is 7.05. The number of rotatable bonds is 6. The van der Waals surface area contributed by atoms with Gasteiger partial charge in [-0.15, -0.1) is 0 Å². The molecule has 0 aromatic heterocycles. The monoisotopic (exact) mass is 192 g/mol. The summed E-state index contributed by atoms with van der Waals surface area (Å²) >= 11 is 0. The van der Waals surface area contributed by atoms with E-state index in [4.69, 9.17) is 7.85 Å². The van der Waals surface area contributed by atoms with Gasteiger partial charge in [0.05, 0.1) is 7.85 Å². The van der Waals surface area contributed by atoms with Crippen LogP contribution in [0.25, 0.3) is 0 Å². The second-order valence-corrected chi connectivity index (χ2v) is 5.39. The number of hydrogen-bond donors (Lipinski definition) is 0. The van der Waals surface area contributed by atoms with Crippen LogP contribution in [-0.2, 0) is 0 Å². The molecule has 0 atom stereocenters. The third-order valence-electron chi connectivity index (χ3n) is 2.40. The predicted molar refractivity (Wildman–Crippen MR) is 66.9 cm³/mol. The molecule has 0 aliphatic carbocycles. The molecule has 0 N–H and O–H groups in total. The van der Waals surface area contributed by atoms with Crippen molar-refractivity contribution in [3.8, 4) is 0 Å². The molecule has 0 aliphatic rings. The Kier molecular flexibility index (Phi) is 6.23. The van der Waals surface area contributed by atoms with E-state index in [0.29, 0.717) is 0 Å². The van der Waals surface area contributed by atoms with Gasteiger partial charge in [-0.3, -0.25) is 0 Å². The average molecular weight is 192 g/mol. The molecule has 0 nitrogen and oxygen atoms in total. The summed E-state index contributed by atoms with van der Waals surface area (Å²) in [4.78, 5) is 0. The molecule has 0 bridgehead atoms. The van der Waals surface area contributed by atoms with Crippen LogP contribution in [-0.4, -0.2) is 7.85 Å². The molecule has 80 valence electrons. The van der Waals surface area contributed by atoms with Gasteiger partial charge < -0.3 is 0 Å². The second-order valence-electron chi connectivity index (χ2n) is 5.39. The van der Waals surface area contributed by atoms with Crippen molar-refractivity contribution in [1.82, 2.24) is 0 Å². The zero-order valence-electron chi connectivity index (χ0n) is 10.6. The summed E-state index contributed by atoms with van der Waals surface area (Å²) in [6, 6.07) is 0. The van der Waals surface area contributed by atoms with Gasteiger partial charge in [-0.2, -0.15) is 0 Å². The first kappa shape index (κ1) is 13.8. The lowest BCUT2D eigenvalue weighted by Crippen LogP contribution is -2.02. The quantitative estimate of drug-likeness (QED) is 0.428. The zero-order chi connectivity index (χ0) is 11.2. The minimum atomic E-state index is -0.00329. The smallest absolute Gasteiger partial charge is 0.0738 e. The van der Waals surface area contributed by atoms with Crippen molar-refractivity contribution in [2.24, 2.45) is 5.92 Å². The zero-order valence-corrected chi connectivity index (χ0v) is 10.6. The Labute approximate surface area is 91.6 Å². The Bertz CT molecular complexity index is 172. The Hall–Kier alpha value is -0.195. The molecule has 0 heterocycles. The van der Waals surface area contributed by atoms with Gasteiger partial charge in [-0.25, -0.2) is 0 Å². The molecule has 2 radical (unpaired) electrons. The van der Waals surface area contributed by atoms with Gasteiger partial charge in [0.2, 0.25) is 0 Å². The van der Waals surface area contributed by atoms with Crippen molar-refractivity contribution in [2.75, 3.05) is 0 Å². The van der Waals surface area contributed by atoms with Crippen LogP contribution in [0.3, 0.4) is 0 Å². The fraction of sp³-hybridized carbons (Fsp3) is 0.846. The summed E-state index contributed by atoms with van der Waals surface area (Å²) in [5.41, 5.74) is 1.59. The molecule has 0 saturated carbocycles. The van der Waals surface area contributed by atoms with Crippen LogP contribution in [0.15, 0.2) is 11.6 Å². The van der Waals surface area contributed by atoms with Gasteiger partial charge in [0.1, 0.15) is 0 Å². The molecule has 14 heavy (non-hydrogen) atoms. The van der Waals surface area contributed by atoms with Crippen LogP contribution in [0.5, 0.6) is 0 Å². The normalized spacial score (nSPS) is 13.7. The predicted octanol–water partition coefficient (Wildman–Crippen LogP) is 4.52. The van der Waals surface area contributed by atoms with E-state index in [2.05, 4.69) is 40.7 Å². The highest BCUT2D eigenvalue weighted by Crippen LogP contribution is 2.28. The average Bonchev–Trinajstić information content (AvgIpc) is 1.99. The van der Waals surface area contributed by atoms with Gasteiger partial charge in [-0.1, -0.05) is 51.1 Å².